The van der Waals surface area contributed by atoms with Crippen LogP contribution >= 0.6 is 0 Å². The third kappa shape index (κ3) is 3.82. The van der Waals surface area contributed by atoms with E-state index in [9.17, 15) is 9.59 Å². The van der Waals surface area contributed by atoms with Crippen LogP contribution in [0.15, 0.2) is 24.3 Å². The number of methoxy groups -OCH3 is 1. The second-order valence-corrected chi connectivity index (χ2v) is 4.55. The molecule has 0 aliphatic carbocycles. The van der Waals surface area contributed by atoms with Gasteiger partial charge in [-0.1, -0.05) is 20.3 Å². The standard InChI is InChI=1S/C15H18N2O3/c1-4-10(2)13(15(19)20-3)17-14(18)12-7-5-11(9-16)6-8-12/h5-8,10,13H,4H2,1-3H3,(H,17,18)/t10-,13+/m0/s1. The second kappa shape index (κ2) is 7.29. The summed E-state index contributed by atoms with van der Waals surface area (Å²) in [6.07, 6.45) is 0.743. The molecule has 1 amide bonds. The van der Waals surface area contributed by atoms with Gasteiger partial charge in [-0.2, -0.15) is 5.26 Å². The third-order valence-electron chi connectivity index (χ3n) is 3.23. The first-order valence-corrected chi connectivity index (χ1v) is 6.42. The first-order valence-electron chi connectivity index (χ1n) is 6.42. The molecule has 1 aromatic carbocycles. The lowest BCUT2D eigenvalue weighted by molar-refractivity contribution is -0.144. The summed E-state index contributed by atoms with van der Waals surface area (Å²) in [4.78, 5) is 23.8. The largest absolute Gasteiger partial charge is 0.467 e. The molecule has 0 saturated heterocycles. The number of carbonyl (C=O) groups is 2. The Morgan fingerprint density at radius 3 is 2.40 bits per heavy atom. The summed E-state index contributed by atoms with van der Waals surface area (Å²) in [6.45, 7) is 3.81. The van der Waals surface area contributed by atoms with Crippen molar-refractivity contribution in [2.24, 2.45) is 5.92 Å². The average Bonchev–Trinajstić information content (AvgIpc) is 2.50. The Morgan fingerprint density at radius 1 is 1.35 bits per heavy atom. The maximum atomic E-state index is 12.1. The zero-order valence-electron chi connectivity index (χ0n) is 11.8. The number of esters is 1. The van der Waals surface area contributed by atoms with Crippen LogP contribution < -0.4 is 5.32 Å². The van der Waals surface area contributed by atoms with Gasteiger partial charge in [-0.25, -0.2) is 4.79 Å². The van der Waals surface area contributed by atoms with E-state index in [0.29, 0.717) is 11.1 Å². The van der Waals surface area contributed by atoms with E-state index in [0.717, 1.165) is 6.42 Å². The summed E-state index contributed by atoms with van der Waals surface area (Å²) in [5.41, 5.74) is 0.884. The van der Waals surface area contributed by atoms with Crippen LogP contribution in [0.5, 0.6) is 0 Å². The van der Waals surface area contributed by atoms with Gasteiger partial charge < -0.3 is 10.1 Å². The number of benzene rings is 1. The zero-order chi connectivity index (χ0) is 15.1. The van der Waals surface area contributed by atoms with Crippen LogP contribution in [0.2, 0.25) is 0 Å². The molecule has 20 heavy (non-hydrogen) atoms. The Morgan fingerprint density at radius 2 is 1.95 bits per heavy atom. The minimum Gasteiger partial charge on any atom is -0.467 e. The highest BCUT2D eigenvalue weighted by atomic mass is 16.5. The number of ether oxygens (including phenoxy) is 1. The lowest BCUT2D eigenvalue weighted by atomic mass is 9.98. The van der Waals surface area contributed by atoms with Crippen LogP contribution in [-0.4, -0.2) is 25.0 Å². The molecule has 1 N–H and O–H groups in total. The van der Waals surface area contributed by atoms with E-state index in [4.69, 9.17) is 10.00 Å². The number of hydrogen-bond acceptors (Lipinski definition) is 4. The Kier molecular flexibility index (Phi) is 5.73. The quantitative estimate of drug-likeness (QED) is 0.831. The maximum absolute atomic E-state index is 12.1. The molecule has 0 aliphatic rings. The molecule has 0 aliphatic heterocycles. The molecule has 5 heteroatoms. The highest BCUT2D eigenvalue weighted by Gasteiger charge is 2.26. The molecule has 1 aromatic rings. The number of rotatable bonds is 5. The molecule has 0 saturated carbocycles. The molecule has 0 radical (unpaired) electrons. The Bertz CT molecular complexity index is 517. The van der Waals surface area contributed by atoms with E-state index >= 15 is 0 Å². The van der Waals surface area contributed by atoms with Crippen LogP contribution in [0.25, 0.3) is 0 Å². The fraction of sp³-hybridized carbons (Fsp3) is 0.400. The Labute approximate surface area is 118 Å². The number of amides is 1. The fourth-order valence-electron chi connectivity index (χ4n) is 1.72. The van der Waals surface area contributed by atoms with Gasteiger partial charge in [-0.05, 0) is 30.2 Å². The highest BCUT2D eigenvalue weighted by molar-refractivity contribution is 5.96. The monoisotopic (exact) mass is 274 g/mol. The van der Waals surface area contributed by atoms with Gasteiger partial charge >= 0.3 is 5.97 Å². The molecule has 0 bridgehead atoms. The van der Waals surface area contributed by atoms with Crippen LogP contribution in [0.3, 0.4) is 0 Å². The van der Waals surface area contributed by atoms with Crippen molar-refractivity contribution in [3.8, 4) is 6.07 Å². The van der Waals surface area contributed by atoms with Crippen molar-refractivity contribution in [3.63, 3.8) is 0 Å². The molecule has 0 unspecified atom stereocenters. The Hall–Kier alpha value is -2.35. The van der Waals surface area contributed by atoms with Crippen LogP contribution in [0.1, 0.15) is 36.2 Å². The zero-order valence-corrected chi connectivity index (χ0v) is 11.8. The number of nitriles is 1. The van der Waals surface area contributed by atoms with E-state index in [-0.39, 0.29) is 11.8 Å². The predicted octanol–water partition coefficient (Wildman–Crippen LogP) is 1.88. The van der Waals surface area contributed by atoms with Gasteiger partial charge in [-0.15, -0.1) is 0 Å². The van der Waals surface area contributed by atoms with Gasteiger partial charge in [0.15, 0.2) is 0 Å². The van der Waals surface area contributed by atoms with E-state index in [2.05, 4.69) is 5.32 Å². The molecular weight excluding hydrogens is 256 g/mol. The number of nitrogens with one attached hydrogen (secondary N) is 1. The smallest absolute Gasteiger partial charge is 0.328 e. The van der Waals surface area contributed by atoms with E-state index in [1.54, 1.807) is 24.3 Å². The minimum absolute atomic E-state index is 0.0234. The van der Waals surface area contributed by atoms with Crippen molar-refractivity contribution in [2.45, 2.75) is 26.3 Å². The molecule has 0 fully saturated rings. The van der Waals surface area contributed by atoms with Gasteiger partial charge in [-0.3, -0.25) is 4.79 Å². The topological polar surface area (TPSA) is 79.2 Å². The average molecular weight is 274 g/mol. The van der Waals surface area contributed by atoms with Crippen molar-refractivity contribution in [1.29, 1.82) is 5.26 Å². The fourth-order valence-corrected chi connectivity index (χ4v) is 1.72. The van der Waals surface area contributed by atoms with E-state index in [1.807, 2.05) is 19.9 Å². The van der Waals surface area contributed by atoms with E-state index in [1.165, 1.54) is 7.11 Å². The van der Waals surface area contributed by atoms with Crippen molar-refractivity contribution in [3.05, 3.63) is 35.4 Å². The van der Waals surface area contributed by atoms with Crippen LogP contribution in [-0.2, 0) is 9.53 Å². The van der Waals surface area contributed by atoms with Crippen LogP contribution in [0.4, 0.5) is 0 Å². The maximum Gasteiger partial charge on any atom is 0.328 e. The summed E-state index contributed by atoms with van der Waals surface area (Å²) in [5, 5.41) is 11.4. The molecule has 0 heterocycles. The summed E-state index contributed by atoms with van der Waals surface area (Å²) in [6, 6.07) is 7.54. The van der Waals surface area contributed by atoms with Gasteiger partial charge in [0.1, 0.15) is 6.04 Å². The molecule has 0 aromatic heterocycles. The van der Waals surface area contributed by atoms with Crippen LogP contribution in [0, 0.1) is 17.2 Å². The van der Waals surface area contributed by atoms with Crippen molar-refractivity contribution >= 4 is 11.9 Å². The Balaban J connectivity index is 2.84. The van der Waals surface area contributed by atoms with Gasteiger partial charge in [0.25, 0.3) is 5.91 Å². The molecule has 106 valence electrons. The third-order valence-corrected chi connectivity index (χ3v) is 3.23. The van der Waals surface area contributed by atoms with Crippen molar-refractivity contribution in [1.82, 2.24) is 5.32 Å². The number of nitrogens with zero attached hydrogens (tertiary/aromatic N) is 1. The van der Waals surface area contributed by atoms with Crippen molar-refractivity contribution < 1.29 is 14.3 Å². The summed E-state index contributed by atoms with van der Waals surface area (Å²) in [7, 11) is 1.30. The lowest BCUT2D eigenvalue weighted by Crippen LogP contribution is -2.45. The SMILES string of the molecule is CC[C@H](C)[C@@H](NC(=O)c1ccc(C#N)cc1)C(=O)OC. The summed E-state index contributed by atoms with van der Waals surface area (Å²) < 4.78 is 4.71. The first-order chi connectivity index (χ1) is 9.53. The second-order valence-electron chi connectivity index (χ2n) is 4.55. The predicted molar refractivity (Wildman–Crippen MR) is 73.9 cm³/mol. The van der Waals surface area contributed by atoms with E-state index < -0.39 is 12.0 Å². The summed E-state index contributed by atoms with van der Waals surface area (Å²) in [5.74, 6) is -0.837. The number of hydrogen-bond donors (Lipinski definition) is 1. The van der Waals surface area contributed by atoms with Gasteiger partial charge in [0.2, 0.25) is 0 Å². The molecule has 5 nitrogen and oxygen atoms in total. The van der Waals surface area contributed by atoms with Crippen molar-refractivity contribution in [2.75, 3.05) is 7.11 Å². The molecular formula is C15H18N2O3. The number of carbonyl (C=O) groups excluding carboxylic acids is 2. The molecule has 2 atom stereocenters. The lowest BCUT2D eigenvalue weighted by Gasteiger charge is -2.21. The molecule has 1 rings (SSSR count). The molecule has 0 spiro atoms. The van der Waals surface area contributed by atoms with Gasteiger partial charge in [0.05, 0.1) is 18.7 Å². The minimum atomic E-state index is -0.673. The summed E-state index contributed by atoms with van der Waals surface area (Å²) >= 11 is 0. The normalized spacial score (nSPS) is 12.9. The van der Waals surface area contributed by atoms with Gasteiger partial charge in [0, 0.05) is 5.56 Å². The first kappa shape index (κ1) is 15.7. The highest BCUT2D eigenvalue weighted by Crippen LogP contribution is 2.11.